The lowest BCUT2D eigenvalue weighted by molar-refractivity contribution is 0.110. The van der Waals surface area contributed by atoms with Gasteiger partial charge in [0, 0.05) is 6.42 Å². The lowest BCUT2D eigenvalue weighted by Gasteiger charge is -2.07. The molecule has 0 heterocycles. The first-order valence-electron chi connectivity index (χ1n) is 4.19. The Morgan fingerprint density at radius 3 is 2.71 bits per heavy atom. The average molecular weight is 200 g/mol. The molecule has 0 aliphatic rings. The number of rotatable bonds is 5. The summed E-state index contributed by atoms with van der Waals surface area (Å²) in [6.07, 6.45) is -2.07. The van der Waals surface area contributed by atoms with Gasteiger partial charge in [-0.25, -0.2) is 8.78 Å². The smallest absolute Gasteiger partial charge is 0.241 e. The molecule has 4 heteroatoms. The van der Waals surface area contributed by atoms with Crippen molar-refractivity contribution in [3.63, 3.8) is 0 Å². The van der Waals surface area contributed by atoms with Gasteiger partial charge in [0.1, 0.15) is 5.75 Å². The van der Waals surface area contributed by atoms with Crippen molar-refractivity contribution in [3.8, 4) is 5.75 Å². The third-order valence-electron chi connectivity index (χ3n) is 1.64. The summed E-state index contributed by atoms with van der Waals surface area (Å²) in [4.78, 5) is 10.5. The highest BCUT2D eigenvalue weighted by Crippen LogP contribution is 2.16. The fourth-order valence-corrected chi connectivity index (χ4v) is 0.967. The van der Waals surface area contributed by atoms with Crippen molar-refractivity contribution >= 4 is 6.29 Å². The third kappa shape index (κ3) is 3.12. The van der Waals surface area contributed by atoms with Crippen molar-refractivity contribution < 1.29 is 18.3 Å². The van der Waals surface area contributed by atoms with Crippen molar-refractivity contribution in [3.05, 3.63) is 29.8 Å². The van der Waals surface area contributed by atoms with Crippen LogP contribution < -0.4 is 4.74 Å². The minimum absolute atomic E-state index is 0.0808. The number of ether oxygens (including phenoxy) is 1. The van der Waals surface area contributed by atoms with E-state index in [9.17, 15) is 13.6 Å². The number of carbonyl (C=O) groups is 1. The summed E-state index contributed by atoms with van der Waals surface area (Å²) in [5.41, 5.74) is 0.377. The molecule has 0 unspecified atom stereocenters. The molecule has 0 fully saturated rings. The normalized spacial score (nSPS) is 10.2. The molecule has 14 heavy (non-hydrogen) atoms. The molecule has 0 saturated carbocycles. The van der Waals surface area contributed by atoms with Gasteiger partial charge in [0.2, 0.25) is 6.43 Å². The Balaban J connectivity index is 2.53. The van der Waals surface area contributed by atoms with E-state index in [0.29, 0.717) is 17.6 Å². The van der Waals surface area contributed by atoms with Gasteiger partial charge in [-0.3, -0.25) is 4.79 Å². The van der Waals surface area contributed by atoms with E-state index in [0.717, 1.165) is 0 Å². The first-order valence-corrected chi connectivity index (χ1v) is 4.19. The van der Waals surface area contributed by atoms with E-state index in [1.165, 1.54) is 0 Å². The van der Waals surface area contributed by atoms with Crippen molar-refractivity contribution in [2.24, 2.45) is 0 Å². The Morgan fingerprint density at radius 2 is 2.07 bits per heavy atom. The van der Waals surface area contributed by atoms with Gasteiger partial charge in [-0.05, 0) is 12.1 Å². The van der Waals surface area contributed by atoms with Gasteiger partial charge in [0.25, 0.3) is 0 Å². The summed E-state index contributed by atoms with van der Waals surface area (Å²) < 4.78 is 28.6. The Morgan fingerprint density at radius 1 is 1.36 bits per heavy atom. The van der Waals surface area contributed by atoms with Crippen LogP contribution in [-0.4, -0.2) is 19.3 Å². The van der Waals surface area contributed by atoms with Crippen LogP contribution in [0.5, 0.6) is 5.75 Å². The van der Waals surface area contributed by atoms with Gasteiger partial charge in [-0.2, -0.15) is 0 Å². The van der Waals surface area contributed by atoms with Crippen LogP contribution >= 0.6 is 0 Å². The molecular formula is C10H10F2O2. The SMILES string of the molecule is O=Cc1ccccc1OCCC(F)F. The molecule has 0 atom stereocenters. The molecule has 1 aromatic carbocycles. The molecule has 0 saturated heterocycles. The van der Waals surface area contributed by atoms with Crippen molar-refractivity contribution in [2.75, 3.05) is 6.61 Å². The van der Waals surface area contributed by atoms with E-state index in [-0.39, 0.29) is 13.0 Å². The van der Waals surface area contributed by atoms with Crippen LogP contribution in [0, 0.1) is 0 Å². The zero-order valence-corrected chi connectivity index (χ0v) is 7.45. The highest BCUT2D eigenvalue weighted by molar-refractivity contribution is 5.79. The van der Waals surface area contributed by atoms with Crippen molar-refractivity contribution in [1.82, 2.24) is 0 Å². The summed E-state index contributed by atoms with van der Waals surface area (Å²) in [5.74, 6) is 0.350. The first-order chi connectivity index (χ1) is 6.74. The van der Waals surface area contributed by atoms with Gasteiger partial charge in [0.15, 0.2) is 6.29 Å². The Hall–Kier alpha value is -1.45. The van der Waals surface area contributed by atoms with Crippen LogP contribution in [0.3, 0.4) is 0 Å². The van der Waals surface area contributed by atoms with E-state index in [1.807, 2.05) is 0 Å². The highest BCUT2D eigenvalue weighted by atomic mass is 19.3. The van der Waals surface area contributed by atoms with Crippen LogP contribution in [0.1, 0.15) is 16.8 Å². The molecule has 0 aliphatic carbocycles. The third-order valence-corrected chi connectivity index (χ3v) is 1.64. The highest BCUT2D eigenvalue weighted by Gasteiger charge is 2.04. The molecule has 0 amide bonds. The molecule has 0 aromatic heterocycles. The predicted molar refractivity (Wildman–Crippen MR) is 47.9 cm³/mol. The van der Waals surface area contributed by atoms with E-state index in [2.05, 4.69) is 0 Å². The maximum absolute atomic E-state index is 11.8. The van der Waals surface area contributed by atoms with E-state index in [4.69, 9.17) is 4.74 Å². The predicted octanol–water partition coefficient (Wildman–Crippen LogP) is 2.53. The number of hydrogen-bond acceptors (Lipinski definition) is 2. The van der Waals surface area contributed by atoms with Crippen molar-refractivity contribution in [1.29, 1.82) is 0 Å². The maximum Gasteiger partial charge on any atom is 0.241 e. The molecule has 0 bridgehead atoms. The van der Waals surface area contributed by atoms with E-state index < -0.39 is 6.43 Å². The summed E-state index contributed by atoms with van der Waals surface area (Å²) in [6.45, 7) is -0.0808. The van der Waals surface area contributed by atoms with Gasteiger partial charge in [0.05, 0.1) is 12.2 Å². The monoisotopic (exact) mass is 200 g/mol. The molecule has 0 radical (unpaired) electrons. The number of carbonyl (C=O) groups excluding carboxylic acids is 1. The molecule has 0 aliphatic heterocycles. The molecule has 1 rings (SSSR count). The van der Waals surface area contributed by atoms with Gasteiger partial charge in [-0.15, -0.1) is 0 Å². The van der Waals surface area contributed by atoms with E-state index in [1.54, 1.807) is 24.3 Å². The van der Waals surface area contributed by atoms with Gasteiger partial charge in [-0.1, -0.05) is 12.1 Å². The largest absolute Gasteiger partial charge is 0.493 e. The number of alkyl halides is 2. The molecule has 2 nitrogen and oxygen atoms in total. The lowest BCUT2D eigenvalue weighted by Crippen LogP contribution is -2.04. The van der Waals surface area contributed by atoms with Crippen LogP contribution in [-0.2, 0) is 0 Å². The van der Waals surface area contributed by atoms with Crippen LogP contribution in [0.25, 0.3) is 0 Å². The fraction of sp³-hybridized carbons (Fsp3) is 0.300. The molecular weight excluding hydrogens is 190 g/mol. The van der Waals surface area contributed by atoms with Gasteiger partial charge < -0.3 is 4.74 Å². The van der Waals surface area contributed by atoms with Crippen LogP contribution in [0.4, 0.5) is 8.78 Å². The second-order valence-electron chi connectivity index (χ2n) is 2.68. The zero-order valence-electron chi connectivity index (χ0n) is 7.45. The molecule has 1 aromatic rings. The summed E-state index contributed by atoms with van der Waals surface area (Å²) in [6, 6.07) is 6.52. The van der Waals surface area contributed by atoms with Crippen LogP contribution in [0.2, 0.25) is 0 Å². The standard InChI is InChI=1S/C10H10F2O2/c11-10(12)5-6-14-9-4-2-1-3-8(9)7-13/h1-4,7,10H,5-6H2. The maximum atomic E-state index is 11.8. The number of halogens is 2. The summed E-state index contributed by atoms with van der Waals surface area (Å²) in [7, 11) is 0. The minimum Gasteiger partial charge on any atom is -0.493 e. The number of para-hydroxylation sites is 1. The number of aldehydes is 1. The molecule has 0 N–H and O–H groups in total. The quantitative estimate of drug-likeness (QED) is 0.682. The Labute approximate surface area is 80.5 Å². The second kappa shape index (κ2) is 5.32. The molecule has 0 spiro atoms. The zero-order chi connectivity index (χ0) is 10.4. The van der Waals surface area contributed by atoms with Crippen molar-refractivity contribution in [2.45, 2.75) is 12.8 Å². The Bertz CT molecular complexity index is 300. The minimum atomic E-state index is -2.38. The second-order valence-corrected chi connectivity index (χ2v) is 2.68. The van der Waals surface area contributed by atoms with Gasteiger partial charge >= 0.3 is 0 Å². The summed E-state index contributed by atoms with van der Waals surface area (Å²) in [5, 5.41) is 0. The number of benzene rings is 1. The Kier molecular flexibility index (Phi) is 4.04. The van der Waals surface area contributed by atoms with Crippen LogP contribution in [0.15, 0.2) is 24.3 Å². The number of hydrogen-bond donors (Lipinski definition) is 0. The lowest BCUT2D eigenvalue weighted by atomic mass is 10.2. The average Bonchev–Trinajstić information content (AvgIpc) is 2.18. The van der Waals surface area contributed by atoms with E-state index >= 15 is 0 Å². The molecule has 76 valence electrons. The summed E-state index contributed by atoms with van der Waals surface area (Å²) >= 11 is 0. The topological polar surface area (TPSA) is 26.3 Å². The fourth-order valence-electron chi connectivity index (χ4n) is 0.967. The first kappa shape index (κ1) is 10.6.